The summed E-state index contributed by atoms with van der Waals surface area (Å²) in [6.45, 7) is 8.03. The fraction of sp³-hybridized carbons (Fsp3) is 0.600. The van der Waals surface area contributed by atoms with E-state index in [1.54, 1.807) is 4.31 Å². The van der Waals surface area contributed by atoms with E-state index < -0.39 is 10.0 Å². The zero-order chi connectivity index (χ0) is 15.3. The van der Waals surface area contributed by atoms with E-state index in [9.17, 15) is 8.42 Å². The van der Waals surface area contributed by atoms with Gasteiger partial charge in [0.2, 0.25) is 10.0 Å². The van der Waals surface area contributed by atoms with Gasteiger partial charge in [-0.3, -0.25) is 0 Å². The molecule has 1 fully saturated rings. The van der Waals surface area contributed by atoms with Gasteiger partial charge in [-0.05, 0) is 31.2 Å². The van der Waals surface area contributed by atoms with Crippen LogP contribution in [-0.4, -0.2) is 57.7 Å². The summed E-state index contributed by atoms with van der Waals surface area (Å²) in [5.41, 5.74) is 2.41. The summed E-state index contributed by atoms with van der Waals surface area (Å²) in [6.07, 6.45) is 0. The highest BCUT2D eigenvalue weighted by molar-refractivity contribution is 7.89. The maximum atomic E-state index is 12.2. The molecule has 0 spiro atoms. The van der Waals surface area contributed by atoms with Crippen LogP contribution in [-0.2, 0) is 10.0 Å². The first kappa shape index (κ1) is 16.3. The average Bonchev–Trinajstić information content (AvgIpc) is 2.47. The fourth-order valence-corrected chi connectivity index (χ4v) is 3.94. The predicted octanol–water partition coefficient (Wildman–Crippen LogP) is 1.06. The summed E-state index contributed by atoms with van der Waals surface area (Å²) in [7, 11) is -3.13. The molecule has 2 rings (SSSR count). The Labute approximate surface area is 128 Å². The molecule has 0 bridgehead atoms. The highest BCUT2D eigenvalue weighted by Crippen LogP contribution is 2.18. The number of rotatable bonds is 6. The van der Waals surface area contributed by atoms with Gasteiger partial charge in [0.1, 0.15) is 0 Å². The van der Waals surface area contributed by atoms with Crippen LogP contribution < -0.4 is 10.2 Å². The minimum atomic E-state index is -3.13. The summed E-state index contributed by atoms with van der Waals surface area (Å²) < 4.78 is 26.1. The van der Waals surface area contributed by atoms with Crippen LogP contribution >= 0.6 is 0 Å². The van der Waals surface area contributed by atoms with E-state index in [0.717, 1.165) is 19.6 Å². The third kappa shape index (κ3) is 4.43. The number of hydrogen-bond acceptors (Lipinski definition) is 4. The first-order valence-corrected chi connectivity index (χ1v) is 9.14. The normalized spacial score (nSPS) is 17.1. The number of nitrogens with zero attached hydrogens (tertiary/aromatic N) is 2. The topological polar surface area (TPSA) is 52.7 Å². The van der Waals surface area contributed by atoms with Gasteiger partial charge < -0.3 is 10.2 Å². The number of sulfonamides is 1. The van der Waals surface area contributed by atoms with E-state index in [1.165, 1.54) is 11.3 Å². The quantitative estimate of drug-likeness (QED) is 0.798. The van der Waals surface area contributed by atoms with Crippen molar-refractivity contribution in [3.63, 3.8) is 0 Å². The Morgan fingerprint density at radius 3 is 2.52 bits per heavy atom. The van der Waals surface area contributed by atoms with Crippen LogP contribution in [0, 0.1) is 6.92 Å². The monoisotopic (exact) mass is 311 g/mol. The Morgan fingerprint density at radius 1 is 1.19 bits per heavy atom. The maximum Gasteiger partial charge on any atom is 0.215 e. The second kappa shape index (κ2) is 7.24. The molecule has 21 heavy (non-hydrogen) atoms. The highest BCUT2D eigenvalue weighted by Gasteiger charge is 2.26. The first-order valence-electron chi connectivity index (χ1n) is 7.53. The van der Waals surface area contributed by atoms with Crippen molar-refractivity contribution in [2.45, 2.75) is 13.8 Å². The van der Waals surface area contributed by atoms with Gasteiger partial charge in [-0.2, -0.15) is 4.31 Å². The second-order valence-electron chi connectivity index (χ2n) is 5.39. The molecule has 1 aromatic rings. The average molecular weight is 311 g/mol. The lowest BCUT2D eigenvalue weighted by atomic mass is 10.2. The molecule has 1 aliphatic heterocycles. The molecular formula is C15H25N3O2S. The number of aryl methyl sites for hydroxylation is 1. The second-order valence-corrected chi connectivity index (χ2v) is 7.48. The van der Waals surface area contributed by atoms with Crippen molar-refractivity contribution < 1.29 is 8.42 Å². The molecule has 0 aromatic heterocycles. The third-order valence-electron chi connectivity index (χ3n) is 3.79. The van der Waals surface area contributed by atoms with Crippen LogP contribution in [0.1, 0.15) is 12.5 Å². The van der Waals surface area contributed by atoms with Crippen LogP contribution in [0.4, 0.5) is 5.69 Å². The molecule has 5 nitrogen and oxygen atoms in total. The minimum Gasteiger partial charge on any atom is -0.369 e. The number of benzene rings is 1. The van der Waals surface area contributed by atoms with Gasteiger partial charge in [-0.25, -0.2) is 8.42 Å². The SMILES string of the molecule is CCNCCS(=O)(=O)N1CCN(c2cccc(C)c2)CC1. The van der Waals surface area contributed by atoms with Crippen molar-refractivity contribution in [2.24, 2.45) is 0 Å². The molecular weight excluding hydrogens is 286 g/mol. The molecule has 1 saturated heterocycles. The molecule has 0 radical (unpaired) electrons. The number of hydrogen-bond donors (Lipinski definition) is 1. The van der Waals surface area contributed by atoms with Gasteiger partial charge in [0, 0.05) is 38.4 Å². The third-order valence-corrected chi connectivity index (χ3v) is 5.66. The maximum absolute atomic E-state index is 12.2. The van der Waals surface area contributed by atoms with Crippen LogP contribution in [0.5, 0.6) is 0 Å². The van der Waals surface area contributed by atoms with Gasteiger partial charge >= 0.3 is 0 Å². The van der Waals surface area contributed by atoms with Crippen LogP contribution in [0.15, 0.2) is 24.3 Å². The van der Waals surface area contributed by atoms with Crippen molar-refractivity contribution in [3.05, 3.63) is 29.8 Å². The van der Waals surface area contributed by atoms with Gasteiger partial charge in [-0.1, -0.05) is 19.1 Å². The molecule has 1 N–H and O–H groups in total. The molecule has 1 heterocycles. The summed E-state index contributed by atoms with van der Waals surface area (Å²) in [5, 5.41) is 3.07. The standard InChI is InChI=1S/C15H25N3O2S/c1-3-16-7-12-21(19,20)18-10-8-17(9-11-18)15-6-4-5-14(2)13-15/h4-6,13,16H,3,7-12H2,1-2H3. The Bertz CT molecular complexity index is 552. The molecule has 0 aliphatic carbocycles. The van der Waals surface area contributed by atoms with Crippen molar-refractivity contribution in [2.75, 3.05) is 49.9 Å². The summed E-state index contributed by atoms with van der Waals surface area (Å²) >= 11 is 0. The zero-order valence-corrected chi connectivity index (χ0v) is 13.7. The summed E-state index contributed by atoms with van der Waals surface area (Å²) in [5.74, 6) is 0.186. The Kier molecular flexibility index (Phi) is 5.61. The van der Waals surface area contributed by atoms with Crippen molar-refractivity contribution >= 4 is 15.7 Å². The largest absolute Gasteiger partial charge is 0.369 e. The van der Waals surface area contributed by atoms with Gasteiger partial charge in [0.25, 0.3) is 0 Å². The smallest absolute Gasteiger partial charge is 0.215 e. The van der Waals surface area contributed by atoms with E-state index in [1.807, 2.05) is 13.0 Å². The Hall–Kier alpha value is -1.11. The lowest BCUT2D eigenvalue weighted by Gasteiger charge is -2.35. The number of nitrogens with one attached hydrogen (secondary N) is 1. The predicted molar refractivity (Wildman–Crippen MR) is 87.3 cm³/mol. The molecule has 0 atom stereocenters. The van der Waals surface area contributed by atoms with Crippen LogP contribution in [0.3, 0.4) is 0 Å². The molecule has 118 valence electrons. The van der Waals surface area contributed by atoms with E-state index >= 15 is 0 Å². The van der Waals surface area contributed by atoms with Crippen LogP contribution in [0.2, 0.25) is 0 Å². The molecule has 1 aliphatic rings. The Morgan fingerprint density at radius 2 is 1.90 bits per heavy atom. The van der Waals surface area contributed by atoms with Gasteiger partial charge in [-0.15, -0.1) is 0 Å². The van der Waals surface area contributed by atoms with Crippen molar-refractivity contribution in [1.29, 1.82) is 0 Å². The van der Waals surface area contributed by atoms with Crippen molar-refractivity contribution in [3.8, 4) is 0 Å². The van der Waals surface area contributed by atoms with E-state index in [0.29, 0.717) is 19.6 Å². The van der Waals surface area contributed by atoms with E-state index in [2.05, 4.69) is 35.3 Å². The fourth-order valence-electron chi connectivity index (χ4n) is 2.56. The minimum absolute atomic E-state index is 0.186. The molecule has 0 saturated carbocycles. The molecule has 1 aromatic carbocycles. The molecule has 0 unspecified atom stereocenters. The number of piperazine rings is 1. The van der Waals surface area contributed by atoms with Gasteiger partial charge in [0.05, 0.1) is 5.75 Å². The highest BCUT2D eigenvalue weighted by atomic mass is 32.2. The number of anilines is 1. The molecule has 0 amide bonds. The summed E-state index contributed by atoms with van der Waals surface area (Å²) in [6, 6.07) is 8.35. The lowest BCUT2D eigenvalue weighted by molar-refractivity contribution is 0.384. The van der Waals surface area contributed by atoms with E-state index in [-0.39, 0.29) is 5.75 Å². The first-order chi connectivity index (χ1) is 10.0. The Balaban J connectivity index is 1.91. The van der Waals surface area contributed by atoms with E-state index in [4.69, 9.17) is 0 Å². The lowest BCUT2D eigenvalue weighted by Crippen LogP contribution is -2.50. The van der Waals surface area contributed by atoms with Crippen LogP contribution in [0.25, 0.3) is 0 Å². The van der Waals surface area contributed by atoms with Gasteiger partial charge in [0.15, 0.2) is 0 Å². The zero-order valence-electron chi connectivity index (χ0n) is 12.9. The molecule has 6 heteroatoms. The van der Waals surface area contributed by atoms with Crippen molar-refractivity contribution in [1.82, 2.24) is 9.62 Å². The summed E-state index contributed by atoms with van der Waals surface area (Å²) in [4.78, 5) is 2.25.